The molecular formula is C21H47Cl2N5O3. The smallest absolute Gasteiger partial charge is 0.0944 e. The SMILES string of the molecule is C1CCNC1.ClCC1CO1.N.NCC(O)CN1CCCC1.OC(CCl)CN1CCCC1. The predicted molar refractivity (Wildman–Crippen MR) is 131 cm³/mol. The number of epoxide rings is 1. The summed E-state index contributed by atoms with van der Waals surface area (Å²) in [6.45, 7) is 9.82. The Balaban J connectivity index is 0.000000401. The van der Waals surface area contributed by atoms with Crippen molar-refractivity contribution in [1.82, 2.24) is 21.3 Å². The Morgan fingerprint density at radius 1 is 0.871 bits per heavy atom. The number of hydrogen-bond donors (Lipinski definition) is 5. The molecule has 0 bridgehead atoms. The third-order valence-electron chi connectivity index (χ3n) is 5.32. The minimum absolute atomic E-state index is 0. The van der Waals surface area contributed by atoms with E-state index in [0.717, 1.165) is 45.9 Å². The van der Waals surface area contributed by atoms with Gasteiger partial charge in [-0.3, -0.25) is 0 Å². The Morgan fingerprint density at radius 2 is 1.32 bits per heavy atom. The third-order valence-corrected chi connectivity index (χ3v) is 6.02. The van der Waals surface area contributed by atoms with Crippen molar-refractivity contribution in [1.29, 1.82) is 0 Å². The molecule has 0 aliphatic carbocycles. The summed E-state index contributed by atoms with van der Waals surface area (Å²) in [6, 6.07) is 0. The van der Waals surface area contributed by atoms with Crippen LogP contribution >= 0.6 is 23.2 Å². The molecule has 0 radical (unpaired) electrons. The quantitative estimate of drug-likeness (QED) is 0.267. The maximum absolute atomic E-state index is 9.15. The molecule has 3 unspecified atom stereocenters. The summed E-state index contributed by atoms with van der Waals surface area (Å²) < 4.78 is 4.73. The molecule has 4 saturated heterocycles. The van der Waals surface area contributed by atoms with Gasteiger partial charge in [-0.25, -0.2) is 0 Å². The Labute approximate surface area is 199 Å². The molecule has 8 nitrogen and oxygen atoms in total. The van der Waals surface area contributed by atoms with Gasteiger partial charge in [-0.05, 0) is 77.8 Å². The van der Waals surface area contributed by atoms with Crippen molar-refractivity contribution >= 4 is 23.2 Å². The number of β-amino-alcohol motifs (C(OH)–C–C–N with tert-alkyl or cyclic N) is 2. The van der Waals surface area contributed by atoms with Gasteiger partial charge in [0.2, 0.25) is 0 Å². The van der Waals surface area contributed by atoms with Crippen molar-refractivity contribution in [3.63, 3.8) is 0 Å². The van der Waals surface area contributed by atoms with Gasteiger partial charge in [0.05, 0.1) is 30.8 Å². The standard InChI is InChI=1S/C7H14ClNO.C7H16N2O.C4H9N.C3H5ClO.H3N/c2*8-5-7(10)6-9-3-1-2-4-9;1-2-4-5-3-1;4-1-3-2-5-3;/h7,10H,1-6H2;7,10H,1-6,8H2;5H,1-4H2;3H,1-2H2;1H3. The largest absolute Gasteiger partial charge is 0.391 e. The van der Waals surface area contributed by atoms with E-state index in [4.69, 9.17) is 43.9 Å². The maximum atomic E-state index is 9.15. The number of nitrogens with one attached hydrogen (secondary N) is 1. The highest BCUT2D eigenvalue weighted by atomic mass is 35.5. The molecular weight excluding hydrogens is 441 g/mol. The van der Waals surface area contributed by atoms with E-state index in [1.54, 1.807) is 0 Å². The van der Waals surface area contributed by atoms with Gasteiger partial charge in [-0.2, -0.15) is 0 Å². The Morgan fingerprint density at radius 3 is 1.58 bits per heavy atom. The van der Waals surface area contributed by atoms with Crippen molar-refractivity contribution in [2.24, 2.45) is 5.73 Å². The lowest BCUT2D eigenvalue weighted by molar-refractivity contribution is 0.132. The topological polar surface area (TPSA) is 133 Å². The van der Waals surface area contributed by atoms with Crippen LogP contribution in [0.5, 0.6) is 0 Å². The molecule has 0 amide bonds. The van der Waals surface area contributed by atoms with E-state index in [2.05, 4.69) is 15.1 Å². The van der Waals surface area contributed by atoms with E-state index in [0.29, 0.717) is 24.4 Å². The summed E-state index contributed by atoms with van der Waals surface area (Å²) in [7, 11) is 0. The van der Waals surface area contributed by atoms with Crippen LogP contribution in [0.25, 0.3) is 0 Å². The molecule has 4 aliphatic rings. The van der Waals surface area contributed by atoms with Crippen LogP contribution < -0.4 is 17.2 Å². The highest BCUT2D eigenvalue weighted by Crippen LogP contribution is 2.09. The van der Waals surface area contributed by atoms with Gasteiger partial charge < -0.3 is 42.0 Å². The van der Waals surface area contributed by atoms with Crippen molar-refractivity contribution in [3.05, 3.63) is 0 Å². The van der Waals surface area contributed by atoms with E-state index in [1.807, 2.05) is 0 Å². The Hall–Kier alpha value is 0.260. The molecule has 188 valence electrons. The second-order valence-corrected chi connectivity index (χ2v) is 8.90. The van der Waals surface area contributed by atoms with E-state index in [-0.39, 0.29) is 18.4 Å². The highest BCUT2D eigenvalue weighted by Gasteiger charge is 2.19. The second-order valence-electron chi connectivity index (χ2n) is 8.28. The van der Waals surface area contributed by atoms with Crippen LogP contribution in [0.4, 0.5) is 0 Å². The molecule has 0 aromatic rings. The summed E-state index contributed by atoms with van der Waals surface area (Å²) in [6.07, 6.45) is 7.62. The zero-order valence-electron chi connectivity index (χ0n) is 19.2. The molecule has 8 N–H and O–H groups in total. The van der Waals surface area contributed by atoms with Crippen LogP contribution in [0, 0.1) is 0 Å². The van der Waals surface area contributed by atoms with E-state index in [1.165, 1.54) is 51.6 Å². The number of hydrogen-bond acceptors (Lipinski definition) is 8. The number of alkyl halides is 2. The van der Waals surface area contributed by atoms with Crippen molar-refractivity contribution < 1.29 is 14.9 Å². The summed E-state index contributed by atoms with van der Waals surface area (Å²) in [4.78, 5) is 4.52. The van der Waals surface area contributed by atoms with Crippen LogP contribution in [-0.2, 0) is 4.74 Å². The van der Waals surface area contributed by atoms with E-state index >= 15 is 0 Å². The first kappa shape index (κ1) is 31.3. The van der Waals surface area contributed by atoms with Crippen LogP contribution in [0.3, 0.4) is 0 Å². The first-order valence-electron chi connectivity index (χ1n) is 11.5. The summed E-state index contributed by atoms with van der Waals surface area (Å²) >= 11 is 10.7. The summed E-state index contributed by atoms with van der Waals surface area (Å²) in [5, 5.41) is 21.5. The average Bonchev–Trinajstić information content (AvgIpc) is 3.24. The van der Waals surface area contributed by atoms with Crippen LogP contribution in [0.15, 0.2) is 0 Å². The Kier molecular flexibility index (Phi) is 21.0. The van der Waals surface area contributed by atoms with E-state index < -0.39 is 0 Å². The fourth-order valence-corrected chi connectivity index (χ4v) is 3.71. The molecule has 0 aromatic carbocycles. The van der Waals surface area contributed by atoms with E-state index in [9.17, 15) is 0 Å². The minimum Gasteiger partial charge on any atom is -0.391 e. The number of halogens is 2. The van der Waals surface area contributed by atoms with Gasteiger partial charge >= 0.3 is 0 Å². The normalized spacial score (nSPS) is 24.5. The molecule has 31 heavy (non-hydrogen) atoms. The number of aliphatic hydroxyl groups is 2. The Bertz CT molecular complexity index is 350. The highest BCUT2D eigenvalue weighted by molar-refractivity contribution is 6.18. The molecule has 0 aromatic heterocycles. The van der Waals surface area contributed by atoms with Crippen LogP contribution in [-0.4, -0.2) is 116 Å². The number of rotatable bonds is 7. The zero-order valence-corrected chi connectivity index (χ0v) is 20.7. The lowest BCUT2D eigenvalue weighted by Crippen LogP contribution is -2.34. The lowest BCUT2D eigenvalue weighted by atomic mass is 10.3. The fraction of sp³-hybridized carbons (Fsp3) is 1.00. The number of likely N-dealkylation sites (tertiary alicyclic amines) is 2. The predicted octanol–water partition coefficient (Wildman–Crippen LogP) is 1.24. The second kappa shape index (κ2) is 20.8. The van der Waals surface area contributed by atoms with Gasteiger partial charge in [0.1, 0.15) is 0 Å². The lowest BCUT2D eigenvalue weighted by Gasteiger charge is -2.17. The number of ether oxygens (including phenoxy) is 1. The van der Waals surface area contributed by atoms with Crippen molar-refractivity contribution in [3.8, 4) is 0 Å². The molecule has 10 heteroatoms. The summed E-state index contributed by atoms with van der Waals surface area (Å²) in [5.74, 6) is 1.02. The zero-order chi connectivity index (χ0) is 22.0. The average molecular weight is 489 g/mol. The first-order chi connectivity index (χ1) is 14.6. The first-order valence-corrected chi connectivity index (χ1v) is 12.6. The van der Waals surface area contributed by atoms with Gasteiger partial charge in [-0.1, -0.05) is 0 Å². The van der Waals surface area contributed by atoms with Crippen LogP contribution in [0.2, 0.25) is 0 Å². The van der Waals surface area contributed by atoms with Gasteiger partial charge in [0, 0.05) is 25.5 Å². The molecule has 0 saturated carbocycles. The number of nitrogens with two attached hydrogens (primary N) is 1. The molecule has 4 rings (SSSR count). The van der Waals surface area contributed by atoms with Crippen LogP contribution in [0.1, 0.15) is 38.5 Å². The third kappa shape index (κ3) is 18.4. The van der Waals surface area contributed by atoms with Gasteiger partial charge in [0.15, 0.2) is 0 Å². The molecule has 3 atom stereocenters. The molecule has 4 heterocycles. The number of aliphatic hydroxyl groups excluding tert-OH is 2. The monoisotopic (exact) mass is 487 g/mol. The minimum atomic E-state index is -0.334. The van der Waals surface area contributed by atoms with Gasteiger partial charge in [-0.15, -0.1) is 23.2 Å². The molecule has 4 aliphatic heterocycles. The molecule has 0 spiro atoms. The van der Waals surface area contributed by atoms with Crippen molar-refractivity contribution in [2.75, 3.05) is 77.3 Å². The number of nitrogens with zero attached hydrogens (tertiary/aromatic N) is 2. The summed E-state index contributed by atoms with van der Waals surface area (Å²) in [5.41, 5.74) is 5.27. The van der Waals surface area contributed by atoms with Gasteiger partial charge in [0.25, 0.3) is 0 Å². The van der Waals surface area contributed by atoms with Crippen molar-refractivity contribution in [2.45, 2.75) is 56.8 Å². The maximum Gasteiger partial charge on any atom is 0.0944 e. The molecule has 4 fully saturated rings. The fourth-order valence-electron chi connectivity index (χ4n) is 3.43.